The van der Waals surface area contributed by atoms with Gasteiger partial charge in [0, 0.05) is 19.3 Å². The number of nitrogens with zero attached hydrogens (tertiary/aromatic N) is 1. The van der Waals surface area contributed by atoms with Gasteiger partial charge in [0.25, 0.3) is 0 Å². The summed E-state index contributed by atoms with van der Waals surface area (Å²) >= 11 is 0. The first-order valence-corrected chi connectivity index (χ1v) is 8.86. The number of amides is 1. The average Bonchev–Trinajstić information content (AvgIpc) is 2.56. The number of benzene rings is 1. The molecule has 5 nitrogen and oxygen atoms in total. The molecule has 3 rings (SSSR count). The Kier molecular flexibility index (Phi) is 5.41. The van der Waals surface area contributed by atoms with E-state index in [4.69, 9.17) is 0 Å². The van der Waals surface area contributed by atoms with Crippen molar-refractivity contribution < 1.29 is 18.3 Å². The van der Waals surface area contributed by atoms with Crippen LogP contribution in [0.25, 0.3) is 0 Å². The van der Waals surface area contributed by atoms with E-state index in [1.807, 2.05) is 24.3 Å². The second-order valence-corrected chi connectivity index (χ2v) is 7.12. The Morgan fingerprint density at radius 3 is 2.59 bits per heavy atom. The molecule has 2 aromatic rings. The van der Waals surface area contributed by atoms with Gasteiger partial charge in [-0.25, -0.2) is 4.98 Å². The van der Waals surface area contributed by atoms with Gasteiger partial charge >= 0.3 is 6.61 Å². The molecule has 27 heavy (non-hydrogen) atoms. The summed E-state index contributed by atoms with van der Waals surface area (Å²) in [6.07, 6.45) is 1.50. The van der Waals surface area contributed by atoms with E-state index >= 15 is 0 Å². The number of ether oxygens (including phenoxy) is 1. The van der Waals surface area contributed by atoms with Crippen molar-refractivity contribution in [1.29, 1.82) is 0 Å². The lowest BCUT2D eigenvalue weighted by molar-refractivity contribution is -0.123. The number of carbonyl (C=O) groups is 1. The number of rotatable bonds is 6. The summed E-state index contributed by atoms with van der Waals surface area (Å²) in [6.45, 7) is 3.82. The molecule has 0 radical (unpaired) electrons. The van der Waals surface area contributed by atoms with Gasteiger partial charge in [-0.3, -0.25) is 4.79 Å². The highest BCUT2D eigenvalue weighted by Crippen LogP contribution is 2.36. The summed E-state index contributed by atoms with van der Waals surface area (Å²) in [6, 6.07) is 9.26. The molecule has 1 aliphatic rings. The number of halogens is 2. The van der Waals surface area contributed by atoms with Crippen molar-refractivity contribution >= 4 is 11.7 Å². The van der Waals surface area contributed by atoms with E-state index in [-0.39, 0.29) is 23.4 Å². The van der Waals surface area contributed by atoms with Crippen LogP contribution < -0.4 is 15.4 Å². The molecule has 1 saturated heterocycles. The molecule has 144 valence electrons. The molecule has 1 aromatic carbocycles. The van der Waals surface area contributed by atoms with Crippen molar-refractivity contribution in [3.8, 4) is 5.75 Å². The topological polar surface area (TPSA) is 63.2 Å². The molecular weight excluding hydrogens is 352 g/mol. The van der Waals surface area contributed by atoms with Crippen LogP contribution in [0.2, 0.25) is 0 Å². The molecular formula is C20H23F2N3O2. The Morgan fingerprint density at radius 1 is 1.30 bits per heavy atom. The maximum atomic E-state index is 13.2. The normalized spacial score (nSPS) is 15.5. The van der Waals surface area contributed by atoms with Crippen LogP contribution in [-0.4, -0.2) is 30.6 Å². The molecule has 0 spiro atoms. The van der Waals surface area contributed by atoms with Crippen molar-refractivity contribution in [2.24, 2.45) is 0 Å². The monoisotopic (exact) mass is 375 g/mol. The number of hydrogen-bond acceptors (Lipinski definition) is 4. The van der Waals surface area contributed by atoms with E-state index < -0.39 is 12.0 Å². The molecule has 0 saturated carbocycles. The molecule has 1 amide bonds. The van der Waals surface area contributed by atoms with Gasteiger partial charge in [0.05, 0.1) is 5.41 Å². The summed E-state index contributed by atoms with van der Waals surface area (Å²) in [4.78, 5) is 17.3. The van der Waals surface area contributed by atoms with Crippen LogP contribution in [-0.2, 0) is 10.2 Å². The maximum absolute atomic E-state index is 13.2. The third-order valence-corrected chi connectivity index (χ3v) is 4.82. The van der Waals surface area contributed by atoms with Gasteiger partial charge in [-0.1, -0.05) is 38.1 Å². The van der Waals surface area contributed by atoms with Gasteiger partial charge in [-0.05, 0) is 35.6 Å². The maximum Gasteiger partial charge on any atom is 0.387 e. The Hall–Kier alpha value is -2.54. The Bertz CT molecular complexity index is 836. The number of pyridine rings is 1. The zero-order valence-electron chi connectivity index (χ0n) is 15.6. The first-order valence-electron chi connectivity index (χ1n) is 8.86. The van der Waals surface area contributed by atoms with Gasteiger partial charge in [0.2, 0.25) is 5.91 Å². The summed E-state index contributed by atoms with van der Waals surface area (Å²) in [5.74, 6) is -0.177. The van der Waals surface area contributed by atoms with Crippen LogP contribution in [0.5, 0.6) is 5.75 Å². The van der Waals surface area contributed by atoms with E-state index in [9.17, 15) is 13.6 Å². The Labute approximate surface area is 157 Å². The van der Waals surface area contributed by atoms with Crippen LogP contribution >= 0.6 is 0 Å². The molecule has 2 heterocycles. The molecule has 0 unspecified atom stereocenters. The predicted molar refractivity (Wildman–Crippen MR) is 99.3 cm³/mol. The zero-order valence-corrected chi connectivity index (χ0v) is 15.6. The minimum absolute atomic E-state index is 0.000738. The number of hydrogen-bond donors (Lipinski definition) is 2. The largest absolute Gasteiger partial charge is 0.431 e. The van der Waals surface area contributed by atoms with Crippen molar-refractivity contribution in [3.63, 3.8) is 0 Å². The number of anilines is 1. The summed E-state index contributed by atoms with van der Waals surface area (Å²) in [7, 11) is 0. The highest BCUT2D eigenvalue weighted by Gasteiger charge is 2.47. The van der Waals surface area contributed by atoms with E-state index in [1.54, 1.807) is 6.92 Å². The minimum atomic E-state index is -3.00. The second-order valence-electron chi connectivity index (χ2n) is 7.12. The van der Waals surface area contributed by atoms with Gasteiger partial charge in [-0.2, -0.15) is 8.78 Å². The highest BCUT2D eigenvalue weighted by molar-refractivity contribution is 6.01. The van der Waals surface area contributed by atoms with E-state index in [0.29, 0.717) is 18.7 Å². The van der Waals surface area contributed by atoms with Gasteiger partial charge < -0.3 is 15.4 Å². The number of aromatic nitrogens is 1. The van der Waals surface area contributed by atoms with Crippen LogP contribution in [0.15, 0.2) is 36.5 Å². The third kappa shape index (κ3) is 3.78. The van der Waals surface area contributed by atoms with Crippen LogP contribution in [0, 0.1) is 6.92 Å². The zero-order chi connectivity index (χ0) is 19.6. The average molecular weight is 375 g/mol. The van der Waals surface area contributed by atoms with Crippen LogP contribution in [0.1, 0.15) is 36.5 Å². The lowest BCUT2D eigenvalue weighted by atomic mass is 9.71. The van der Waals surface area contributed by atoms with Crippen LogP contribution in [0.4, 0.5) is 14.6 Å². The van der Waals surface area contributed by atoms with E-state index in [0.717, 1.165) is 11.1 Å². The summed E-state index contributed by atoms with van der Waals surface area (Å²) < 4.78 is 30.0. The first-order chi connectivity index (χ1) is 12.8. The lowest BCUT2D eigenvalue weighted by Gasteiger charge is -2.43. The molecule has 0 bridgehead atoms. The standard InChI is InChI=1S/C20H23F2N3O2/c1-12(2)14-6-4-5-7-15(14)20(10-23-11-20)18(26)25-17-16(27-19(21)22)8-13(3)9-24-17/h4-9,12,19,23H,10-11H2,1-3H3,(H,24,25,26). The second kappa shape index (κ2) is 7.60. The fraction of sp³-hybridized carbons (Fsp3) is 0.400. The fourth-order valence-corrected chi connectivity index (χ4v) is 3.33. The van der Waals surface area contributed by atoms with Crippen molar-refractivity contribution in [2.75, 3.05) is 18.4 Å². The third-order valence-electron chi connectivity index (χ3n) is 4.82. The number of alkyl halides is 2. The van der Waals surface area contributed by atoms with E-state index in [2.05, 4.69) is 34.2 Å². The quantitative estimate of drug-likeness (QED) is 0.810. The Morgan fingerprint density at radius 2 is 2.00 bits per heavy atom. The highest BCUT2D eigenvalue weighted by atomic mass is 19.3. The van der Waals surface area contributed by atoms with Crippen molar-refractivity contribution in [2.45, 2.75) is 38.7 Å². The molecule has 1 aliphatic heterocycles. The van der Waals surface area contributed by atoms with Gasteiger partial charge in [-0.15, -0.1) is 0 Å². The predicted octanol–water partition coefficient (Wildman–Crippen LogP) is 3.59. The fourth-order valence-electron chi connectivity index (χ4n) is 3.33. The summed E-state index contributed by atoms with van der Waals surface area (Å²) in [5, 5.41) is 5.86. The SMILES string of the molecule is Cc1cnc(NC(=O)C2(c3ccccc3C(C)C)CNC2)c(OC(F)F)c1. The molecule has 1 aromatic heterocycles. The number of carbonyl (C=O) groups excluding carboxylic acids is 1. The van der Waals surface area contributed by atoms with Crippen LogP contribution in [0.3, 0.4) is 0 Å². The van der Waals surface area contributed by atoms with Gasteiger partial charge in [0.15, 0.2) is 11.6 Å². The van der Waals surface area contributed by atoms with E-state index in [1.165, 1.54) is 12.3 Å². The number of nitrogens with one attached hydrogen (secondary N) is 2. The molecule has 0 aliphatic carbocycles. The lowest BCUT2D eigenvalue weighted by Crippen LogP contribution is -2.63. The summed E-state index contributed by atoms with van der Waals surface area (Å²) in [5.41, 5.74) is 1.93. The minimum Gasteiger partial charge on any atom is -0.431 e. The first kappa shape index (κ1) is 19.2. The Balaban J connectivity index is 1.94. The van der Waals surface area contributed by atoms with Crippen molar-refractivity contribution in [1.82, 2.24) is 10.3 Å². The van der Waals surface area contributed by atoms with Crippen molar-refractivity contribution in [3.05, 3.63) is 53.2 Å². The number of aryl methyl sites for hydroxylation is 1. The molecule has 0 atom stereocenters. The molecule has 1 fully saturated rings. The smallest absolute Gasteiger partial charge is 0.387 e. The molecule has 7 heteroatoms. The van der Waals surface area contributed by atoms with Gasteiger partial charge in [0.1, 0.15) is 0 Å². The molecule has 2 N–H and O–H groups in total.